The zero-order chi connectivity index (χ0) is 32.4. The number of hydrogen-bond donors (Lipinski definition) is 1. The number of carbonyl (C=O) groups is 1. The molecule has 0 spiro atoms. The number of benzene rings is 4. The molecule has 2 amide bonds. The van der Waals surface area contributed by atoms with Crippen LogP contribution in [0.15, 0.2) is 84.9 Å². The van der Waals surface area contributed by atoms with Gasteiger partial charge < -0.3 is 19.7 Å². The van der Waals surface area contributed by atoms with Crippen molar-refractivity contribution in [1.82, 2.24) is 4.90 Å². The molecular formula is C37H36F2N4O3. The number of likely N-dealkylation sites (N-methyl/N-ethyl adjacent to an activating group) is 1. The van der Waals surface area contributed by atoms with Crippen LogP contribution in [0.3, 0.4) is 0 Å². The second-order valence-electron chi connectivity index (χ2n) is 12.1. The van der Waals surface area contributed by atoms with Gasteiger partial charge in [0.05, 0.1) is 25.9 Å². The summed E-state index contributed by atoms with van der Waals surface area (Å²) in [6.07, 6.45) is 3.27. The van der Waals surface area contributed by atoms with Crippen LogP contribution >= 0.6 is 0 Å². The molecule has 7 nitrogen and oxygen atoms in total. The van der Waals surface area contributed by atoms with Gasteiger partial charge in [-0.3, -0.25) is 4.90 Å². The minimum absolute atomic E-state index is 0.122. The number of likely N-dealkylation sites (tertiary alicyclic amines) is 1. The Hall–Kier alpha value is -4.94. The highest BCUT2D eigenvalue weighted by atomic mass is 19.2. The van der Waals surface area contributed by atoms with E-state index < -0.39 is 17.7 Å². The molecule has 2 fully saturated rings. The van der Waals surface area contributed by atoms with Crippen LogP contribution in [0.25, 0.3) is 11.1 Å². The summed E-state index contributed by atoms with van der Waals surface area (Å²) in [5, 5.41) is 12.2. The van der Waals surface area contributed by atoms with E-state index >= 15 is 0 Å². The first-order chi connectivity index (χ1) is 22.3. The van der Waals surface area contributed by atoms with E-state index in [0.717, 1.165) is 49.1 Å². The monoisotopic (exact) mass is 622 g/mol. The van der Waals surface area contributed by atoms with Gasteiger partial charge in [0.1, 0.15) is 0 Å². The third-order valence-corrected chi connectivity index (χ3v) is 9.68. The molecule has 1 aliphatic heterocycles. The fourth-order valence-corrected chi connectivity index (χ4v) is 7.31. The van der Waals surface area contributed by atoms with Gasteiger partial charge in [-0.2, -0.15) is 5.26 Å². The summed E-state index contributed by atoms with van der Waals surface area (Å²) in [4.78, 5) is 18.2. The second-order valence-corrected chi connectivity index (χ2v) is 12.1. The quantitative estimate of drug-likeness (QED) is 0.228. The molecule has 0 bridgehead atoms. The highest BCUT2D eigenvalue weighted by molar-refractivity contribution is 6.02. The van der Waals surface area contributed by atoms with Crippen LogP contribution in [-0.2, 0) is 5.41 Å². The number of rotatable bonds is 7. The molecular weight excluding hydrogens is 586 g/mol. The van der Waals surface area contributed by atoms with Gasteiger partial charge in [-0.1, -0.05) is 30.3 Å². The fourth-order valence-electron chi connectivity index (χ4n) is 7.31. The smallest absolute Gasteiger partial charge is 0.326 e. The Bertz CT molecular complexity index is 1790. The summed E-state index contributed by atoms with van der Waals surface area (Å²) in [6.45, 7) is 0.920. The van der Waals surface area contributed by atoms with Crippen LogP contribution in [0.2, 0.25) is 0 Å². The molecule has 4 aromatic rings. The van der Waals surface area contributed by atoms with Gasteiger partial charge in [0.2, 0.25) is 0 Å². The third kappa shape index (κ3) is 5.77. The molecule has 9 heteroatoms. The van der Waals surface area contributed by atoms with Gasteiger partial charge in [0.25, 0.3) is 0 Å². The van der Waals surface area contributed by atoms with E-state index in [1.54, 1.807) is 25.2 Å². The summed E-state index contributed by atoms with van der Waals surface area (Å²) in [6, 6.07) is 26.3. The Morgan fingerprint density at radius 2 is 1.72 bits per heavy atom. The molecule has 0 radical (unpaired) electrons. The maximum absolute atomic E-state index is 14.1. The first-order valence-corrected chi connectivity index (χ1v) is 15.3. The van der Waals surface area contributed by atoms with E-state index in [-0.39, 0.29) is 23.2 Å². The first-order valence-electron chi connectivity index (χ1n) is 15.3. The van der Waals surface area contributed by atoms with Crippen molar-refractivity contribution >= 4 is 17.4 Å². The number of amides is 2. The number of nitriles is 1. The zero-order valence-corrected chi connectivity index (χ0v) is 26.1. The number of anilines is 2. The lowest BCUT2D eigenvalue weighted by molar-refractivity contribution is 0.164. The van der Waals surface area contributed by atoms with Crippen molar-refractivity contribution < 1.29 is 23.0 Å². The minimum Gasteiger partial charge on any atom is -0.493 e. The molecule has 1 heterocycles. The summed E-state index contributed by atoms with van der Waals surface area (Å²) >= 11 is 0. The molecule has 2 aliphatic rings. The third-order valence-electron chi connectivity index (χ3n) is 9.68. The number of nitrogens with one attached hydrogen (secondary N) is 1. The average Bonchev–Trinajstić information content (AvgIpc) is 3.43. The van der Waals surface area contributed by atoms with E-state index in [4.69, 9.17) is 9.47 Å². The normalized spacial score (nSPS) is 20.8. The highest BCUT2D eigenvalue weighted by Crippen LogP contribution is 2.51. The van der Waals surface area contributed by atoms with Gasteiger partial charge in [0, 0.05) is 34.9 Å². The maximum Gasteiger partial charge on any atom is 0.326 e. The predicted molar refractivity (Wildman–Crippen MR) is 174 cm³/mol. The van der Waals surface area contributed by atoms with Crippen LogP contribution in [0, 0.1) is 23.0 Å². The number of methoxy groups -OCH3 is 2. The van der Waals surface area contributed by atoms with E-state index in [1.165, 1.54) is 11.6 Å². The Kier molecular flexibility index (Phi) is 8.65. The second kappa shape index (κ2) is 12.8. The van der Waals surface area contributed by atoms with E-state index in [0.29, 0.717) is 29.2 Å². The summed E-state index contributed by atoms with van der Waals surface area (Å²) < 4.78 is 38.9. The summed E-state index contributed by atoms with van der Waals surface area (Å²) in [5.74, 6) is -0.632. The van der Waals surface area contributed by atoms with Crippen LogP contribution < -0.4 is 19.7 Å². The molecule has 4 aromatic carbocycles. The van der Waals surface area contributed by atoms with Crippen LogP contribution in [0.1, 0.15) is 36.8 Å². The average molecular weight is 623 g/mol. The lowest BCUT2D eigenvalue weighted by Gasteiger charge is -2.47. The molecule has 1 N–H and O–H groups in total. The number of ether oxygens (including phenoxy) is 2. The van der Waals surface area contributed by atoms with Gasteiger partial charge in [-0.05, 0) is 104 Å². The molecule has 3 atom stereocenters. The van der Waals surface area contributed by atoms with Gasteiger partial charge in [-0.15, -0.1) is 0 Å². The largest absolute Gasteiger partial charge is 0.493 e. The summed E-state index contributed by atoms with van der Waals surface area (Å²) in [7, 11) is 5.40. The maximum atomic E-state index is 14.1. The molecule has 1 aliphatic carbocycles. The number of carbonyl (C=O) groups excluding carboxylic acids is 1. The SMILES string of the molecule is COc1ccc(C23CCC(N(C(=O)Nc4ccc(F)c(F)c4)c4ccc(-c5cccc(C#N)c5)cc4)CC2N(C)CC3)cc1OC. The minimum atomic E-state index is -1.03. The number of halogens is 2. The molecule has 1 saturated carbocycles. The van der Waals surface area contributed by atoms with Gasteiger partial charge >= 0.3 is 6.03 Å². The lowest BCUT2D eigenvalue weighted by atomic mass is 9.64. The first kappa shape index (κ1) is 31.1. The fraction of sp³-hybridized carbons (Fsp3) is 0.297. The number of fused-ring (bicyclic) bond motifs is 1. The number of urea groups is 1. The molecule has 3 unspecified atom stereocenters. The predicted octanol–water partition coefficient (Wildman–Crippen LogP) is 7.75. The molecule has 6 rings (SSSR count). The highest BCUT2D eigenvalue weighted by Gasteiger charge is 2.52. The standard InChI is InChI=1S/C37H36F2N4O3/c1-42-18-17-37(27-9-14-33(45-2)34(20-27)46-3)16-15-30(22-35(37)42)43(36(44)41-28-10-13-31(38)32(39)21-28)29-11-7-25(8-12-29)26-6-4-5-24(19-26)23-40/h4-14,19-21,30,35H,15-18,22H2,1-3H3,(H,41,44). The molecule has 46 heavy (non-hydrogen) atoms. The Balaban J connectivity index is 1.34. The Morgan fingerprint density at radius 1 is 0.935 bits per heavy atom. The van der Waals surface area contributed by atoms with Crippen molar-refractivity contribution in [2.75, 3.05) is 38.0 Å². The van der Waals surface area contributed by atoms with Crippen LogP contribution in [-0.4, -0.2) is 50.8 Å². The molecule has 0 aromatic heterocycles. The Labute approximate surface area is 268 Å². The van der Waals surface area contributed by atoms with Crippen molar-refractivity contribution in [3.05, 3.63) is 108 Å². The molecule has 1 saturated heterocycles. The number of nitrogens with zero attached hydrogens (tertiary/aromatic N) is 3. The van der Waals surface area contributed by atoms with Crippen molar-refractivity contribution in [3.63, 3.8) is 0 Å². The van der Waals surface area contributed by atoms with Crippen molar-refractivity contribution in [2.24, 2.45) is 0 Å². The van der Waals surface area contributed by atoms with Gasteiger partial charge in [-0.25, -0.2) is 13.6 Å². The van der Waals surface area contributed by atoms with Crippen molar-refractivity contribution in [1.29, 1.82) is 5.26 Å². The molecule has 236 valence electrons. The number of hydrogen-bond acceptors (Lipinski definition) is 5. The van der Waals surface area contributed by atoms with Crippen molar-refractivity contribution in [2.45, 2.75) is 43.2 Å². The van der Waals surface area contributed by atoms with Crippen LogP contribution in [0.5, 0.6) is 11.5 Å². The summed E-state index contributed by atoms with van der Waals surface area (Å²) in [5.41, 5.74) is 4.30. The van der Waals surface area contributed by atoms with Gasteiger partial charge in [0.15, 0.2) is 23.1 Å². The topological polar surface area (TPSA) is 77.8 Å². The zero-order valence-electron chi connectivity index (χ0n) is 26.1. The van der Waals surface area contributed by atoms with Crippen LogP contribution in [0.4, 0.5) is 25.0 Å². The van der Waals surface area contributed by atoms with Crippen molar-refractivity contribution in [3.8, 4) is 28.7 Å². The van der Waals surface area contributed by atoms with E-state index in [1.807, 2.05) is 48.5 Å². The van der Waals surface area contributed by atoms with E-state index in [2.05, 4.69) is 35.5 Å². The van der Waals surface area contributed by atoms with E-state index in [9.17, 15) is 18.8 Å². The lowest BCUT2D eigenvalue weighted by Crippen LogP contribution is -2.54. The Morgan fingerprint density at radius 3 is 2.43 bits per heavy atom.